The number of rotatable bonds is 7. The van der Waals surface area contributed by atoms with Crippen LogP contribution in [0.1, 0.15) is 52.5 Å². The highest BCUT2D eigenvalue weighted by Gasteiger charge is 2.31. The Bertz CT molecular complexity index is 1460. The normalized spacial score (nSPS) is 16.3. The minimum Gasteiger partial charge on any atom is -0.339 e. The fourth-order valence-electron chi connectivity index (χ4n) is 6.36. The van der Waals surface area contributed by atoms with E-state index in [1.54, 1.807) is 0 Å². The average molecular weight is 573 g/mol. The summed E-state index contributed by atoms with van der Waals surface area (Å²) in [6.45, 7) is 6.83. The van der Waals surface area contributed by atoms with Crippen LogP contribution in [0.2, 0.25) is 0 Å². The van der Waals surface area contributed by atoms with Crippen molar-refractivity contribution in [2.75, 3.05) is 39.3 Å². The number of likely N-dealkylation sites (tertiary alicyclic amines) is 1. The number of aromatic nitrogens is 1. The molecule has 2 saturated heterocycles. The van der Waals surface area contributed by atoms with Gasteiger partial charge >= 0.3 is 0 Å². The molecular weight excluding hydrogens is 532 g/mol. The van der Waals surface area contributed by atoms with Crippen molar-refractivity contribution < 1.29 is 9.59 Å². The third-order valence-electron chi connectivity index (χ3n) is 8.82. The number of piperazine rings is 1. The number of hydrogen-bond donors (Lipinski definition) is 0. The molecule has 0 spiro atoms. The molecule has 2 aliphatic rings. The Morgan fingerprint density at radius 2 is 1.16 bits per heavy atom. The fourth-order valence-corrected chi connectivity index (χ4v) is 6.36. The summed E-state index contributed by atoms with van der Waals surface area (Å²) in [5.41, 5.74) is 6.36. The molecule has 0 saturated carbocycles. The van der Waals surface area contributed by atoms with Gasteiger partial charge in [0, 0.05) is 67.6 Å². The second-order valence-electron chi connectivity index (χ2n) is 11.7. The van der Waals surface area contributed by atoms with Gasteiger partial charge in [-0.25, -0.2) is 4.98 Å². The third kappa shape index (κ3) is 6.70. The lowest BCUT2D eigenvalue weighted by molar-refractivity contribution is 0.0412. The summed E-state index contributed by atoms with van der Waals surface area (Å²) in [5.74, 6) is 0.195. The van der Waals surface area contributed by atoms with Crippen LogP contribution in [0.5, 0.6) is 0 Å². The molecule has 4 aromatic rings. The topological polar surface area (TPSA) is 56.8 Å². The van der Waals surface area contributed by atoms with Crippen LogP contribution >= 0.6 is 0 Å². The molecule has 0 atom stereocenters. The molecule has 43 heavy (non-hydrogen) atoms. The molecule has 6 heteroatoms. The van der Waals surface area contributed by atoms with Gasteiger partial charge in [-0.1, -0.05) is 86.1 Å². The Morgan fingerprint density at radius 1 is 0.651 bits per heavy atom. The number of pyridine rings is 1. The Balaban J connectivity index is 1.07. The van der Waals surface area contributed by atoms with Crippen molar-refractivity contribution >= 4 is 11.8 Å². The first-order valence-corrected chi connectivity index (χ1v) is 15.6. The summed E-state index contributed by atoms with van der Waals surface area (Å²) in [7, 11) is 0. The van der Waals surface area contributed by atoms with Gasteiger partial charge in [-0.15, -0.1) is 0 Å². The summed E-state index contributed by atoms with van der Waals surface area (Å²) in [4.78, 5) is 38.3. The van der Waals surface area contributed by atoms with Crippen LogP contribution < -0.4 is 0 Å². The van der Waals surface area contributed by atoms with Crippen LogP contribution in [0.4, 0.5) is 0 Å². The molecule has 6 nitrogen and oxygen atoms in total. The lowest BCUT2D eigenvalue weighted by Crippen LogP contribution is -2.54. The zero-order chi connectivity index (χ0) is 29.6. The summed E-state index contributed by atoms with van der Waals surface area (Å²) in [5, 5.41) is 0. The lowest BCUT2D eigenvalue weighted by Gasteiger charge is -2.42. The second-order valence-corrected chi connectivity index (χ2v) is 11.7. The van der Waals surface area contributed by atoms with Crippen molar-refractivity contribution in [2.24, 2.45) is 0 Å². The summed E-state index contributed by atoms with van der Waals surface area (Å²) in [6.07, 6.45) is 4.10. The van der Waals surface area contributed by atoms with E-state index in [4.69, 9.17) is 4.98 Å². The minimum atomic E-state index is 0.0572. The molecule has 6 rings (SSSR count). The SMILES string of the molecule is CCCc1ccc(C(=O)N2CCC(N3CCN(C(=O)c4cc(-c5ccccc5)nc(-c5ccccc5)c4)CC3)CC2)cc1. The zero-order valence-electron chi connectivity index (χ0n) is 25.0. The molecule has 220 valence electrons. The van der Waals surface area contributed by atoms with Gasteiger partial charge in [-0.05, 0) is 49.1 Å². The van der Waals surface area contributed by atoms with Crippen LogP contribution in [0.3, 0.4) is 0 Å². The van der Waals surface area contributed by atoms with E-state index in [0.29, 0.717) is 24.7 Å². The van der Waals surface area contributed by atoms with Crippen LogP contribution in [-0.2, 0) is 6.42 Å². The van der Waals surface area contributed by atoms with Crippen LogP contribution in [0, 0.1) is 0 Å². The van der Waals surface area contributed by atoms with E-state index in [1.807, 2.05) is 94.7 Å². The summed E-state index contributed by atoms with van der Waals surface area (Å²) < 4.78 is 0. The highest BCUT2D eigenvalue weighted by Crippen LogP contribution is 2.26. The van der Waals surface area contributed by atoms with E-state index >= 15 is 0 Å². The van der Waals surface area contributed by atoms with E-state index in [2.05, 4.69) is 24.0 Å². The van der Waals surface area contributed by atoms with Gasteiger partial charge in [-0.2, -0.15) is 0 Å². The Labute approximate surface area is 255 Å². The molecular formula is C37H40N4O2. The molecule has 1 aromatic heterocycles. The molecule has 0 N–H and O–H groups in total. The largest absolute Gasteiger partial charge is 0.339 e. The van der Waals surface area contributed by atoms with Gasteiger partial charge in [0.2, 0.25) is 0 Å². The number of carbonyl (C=O) groups is 2. The van der Waals surface area contributed by atoms with Gasteiger partial charge in [-0.3, -0.25) is 14.5 Å². The van der Waals surface area contributed by atoms with Crippen molar-refractivity contribution in [3.63, 3.8) is 0 Å². The molecule has 2 aliphatic heterocycles. The predicted molar refractivity (Wildman–Crippen MR) is 172 cm³/mol. The maximum absolute atomic E-state index is 13.8. The number of nitrogens with zero attached hydrogens (tertiary/aromatic N) is 4. The smallest absolute Gasteiger partial charge is 0.254 e. The minimum absolute atomic E-state index is 0.0572. The number of amides is 2. The fraction of sp³-hybridized carbons (Fsp3) is 0.324. The van der Waals surface area contributed by atoms with Gasteiger partial charge in [0.25, 0.3) is 11.8 Å². The van der Waals surface area contributed by atoms with Crippen molar-refractivity contribution in [1.82, 2.24) is 19.7 Å². The van der Waals surface area contributed by atoms with Crippen molar-refractivity contribution in [2.45, 2.75) is 38.6 Å². The monoisotopic (exact) mass is 572 g/mol. The molecule has 0 aliphatic carbocycles. The van der Waals surface area contributed by atoms with E-state index in [1.165, 1.54) is 5.56 Å². The van der Waals surface area contributed by atoms with Crippen molar-refractivity contribution in [3.05, 3.63) is 114 Å². The van der Waals surface area contributed by atoms with Crippen LogP contribution in [0.15, 0.2) is 97.1 Å². The van der Waals surface area contributed by atoms with Gasteiger partial charge in [0.15, 0.2) is 0 Å². The average Bonchev–Trinajstić information content (AvgIpc) is 3.09. The molecule has 0 unspecified atom stereocenters. The molecule has 0 radical (unpaired) electrons. The number of hydrogen-bond acceptors (Lipinski definition) is 4. The standard InChI is InChI=1S/C37H40N4O2/c1-2-9-28-14-16-31(17-15-28)36(42)40-20-18-33(19-21-40)39-22-24-41(25-23-39)37(43)32-26-34(29-10-5-3-6-11-29)38-35(27-32)30-12-7-4-8-13-30/h3-8,10-17,26-27,33H,2,9,18-25H2,1H3. The van der Waals surface area contributed by atoms with E-state index in [-0.39, 0.29) is 11.8 Å². The number of benzene rings is 3. The maximum atomic E-state index is 13.8. The van der Waals surface area contributed by atoms with E-state index in [0.717, 1.165) is 79.9 Å². The van der Waals surface area contributed by atoms with Crippen molar-refractivity contribution in [3.8, 4) is 22.5 Å². The Hall–Kier alpha value is -4.29. The van der Waals surface area contributed by atoms with E-state index in [9.17, 15) is 9.59 Å². The first-order chi connectivity index (χ1) is 21.1. The number of carbonyl (C=O) groups excluding carboxylic acids is 2. The van der Waals surface area contributed by atoms with Crippen LogP contribution in [-0.4, -0.2) is 76.8 Å². The number of aryl methyl sites for hydroxylation is 1. The first-order valence-electron chi connectivity index (χ1n) is 15.6. The Morgan fingerprint density at radius 3 is 1.70 bits per heavy atom. The Kier molecular flexibility index (Phi) is 8.94. The van der Waals surface area contributed by atoms with Gasteiger partial charge in [0.05, 0.1) is 11.4 Å². The van der Waals surface area contributed by atoms with Gasteiger partial charge in [0.1, 0.15) is 0 Å². The maximum Gasteiger partial charge on any atom is 0.254 e. The molecule has 3 aromatic carbocycles. The summed E-state index contributed by atoms with van der Waals surface area (Å²) in [6, 6.07) is 32.5. The third-order valence-corrected chi connectivity index (χ3v) is 8.82. The van der Waals surface area contributed by atoms with Crippen LogP contribution in [0.25, 0.3) is 22.5 Å². The molecule has 0 bridgehead atoms. The molecule has 3 heterocycles. The van der Waals surface area contributed by atoms with Gasteiger partial charge < -0.3 is 9.80 Å². The first kappa shape index (κ1) is 28.8. The van der Waals surface area contributed by atoms with Crippen molar-refractivity contribution in [1.29, 1.82) is 0 Å². The second kappa shape index (κ2) is 13.3. The lowest BCUT2D eigenvalue weighted by atomic mass is 10.0. The highest BCUT2D eigenvalue weighted by atomic mass is 16.2. The van der Waals surface area contributed by atoms with E-state index < -0.39 is 0 Å². The number of piperidine rings is 1. The predicted octanol–water partition coefficient (Wildman–Crippen LogP) is 6.43. The molecule has 2 amide bonds. The zero-order valence-corrected chi connectivity index (χ0v) is 25.0. The quantitative estimate of drug-likeness (QED) is 0.256. The summed E-state index contributed by atoms with van der Waals surface area (Å²) >= 11 is 0. The molecule has 2 fully saturated rings. The highest BCUT2D eigenvalue weighted by molar-refractivity contribution is 5.96.